The highest BCUT2D eigenvalue weighted by molar-refractivity contribution is 6.32. The largest absolute Gasteiger partial charge is 0.396 e. The van der Waals surface area contributed by atoms with Crippen LogP contribution < -0.4 is 5.32 Å². The molecule has 21 heavy (non-hydrogen) atoms. The molecule has 0 atom stereocenters. The maximum absolute atomic E-state index is 12.0. The highest BCUT2D eigenvalue weighted by atomic mass is 35.5. The highest BCUT2D eigenvalue weighted by Gasteiger charge is 2.20. The molecule has 0 bridgehead atoms. The Labute approximate surface area is 128 Å². The van der Waals surface area contributed by atoms with E-state index in [1.807, 2.05) is 13.8 Å². The number of nitrogens with one attached hydrogen (secondary N) is 1. The summed E-state index contributed by atoms with van der Waals surface area (Å²) < 4.78 is 0. The third-order valence-electron chi connectivity index (χ3n) is 3.14. The van der Waals surface area contributed by atoms with Gasteiger partial charge in [0, 0.05) is 24.8 Å². The Hall–Kier alpha value is -1.66. The smallest absolute Gasteiger partial charge is 0.288 e. The van der Waals surface area contributed by atoms with Gasteiger partial charge in [-0.2, -0.15) is 0 Å². The van der Waals surface area contributed by atoms with Gasteiger partial charge >= 0.3 is 0 Å². The van der Waals surface area contributed by atoms with E-state index in [0.29, 0.717) is 13.0 Å². The minimum Gasteiger partial charge on any atom is -0.396 e. The van der Waals surface area contributed by atoms with Gasteiger partial charge in [-0.25, -0.2) is 0 Å². The number of aliphatic hydroxyl groups excluding tert-OH is 1. The van der Waals surface area contributed by atoms with Crippen LogP contribution in [-0.2, 0) is 0 Å². The normalized spacial score (nSPS) is 11.2. The van der Waals surface area contributed by atoms with Crippen LogP contribution in [0.5, 0.6) is 0 Å². The first-order chi connectivity index (χ1) is 9.76. The minimum absolute atomic E-state index is 0.000161. The van der Waals surface area contributed by atoms with E-state index in [1.165, 1.54) is 18.2 Å². The summed E-state index contributed by atoms with van der Waals surface area (Å²) in [5, 5.41) is 22.4. The lowest BCUT2D eigenvalue weighted by Crippen LogP contribution is -2.34. The van der Waals surface area contributed by atoms with E-state index < -0.39 is 4.92 Å². The Bertz CT molecular complexity index is 532. The number of nitro benzene ring substituents is 1. The second-order valence-corrected chi connectivity index (χ2v) is 6.00. The maximum Gasteiger partial charge on any atom is 0.288 e. The molecule has 0 unspecified atom stereocenters. The molecule has 0 saturated heterocycles. The number of benzene rings is 1. The van der Waals surface area contributed by atoms with Crippen LogP contribution in [0.1, 0.15) is 37.0 Å². The average Bonchev–Trinajstić information content (AvgIpc) is 2.43. The molecule has 7 heteroatoms. The van der Waals surface area contributed by atoms with Crippen LogP contribution in [0.25, 0.3) is 0 Å². The van der Waals surface area contributed by atoms with E-state index in [-0.39, 0.29) is 34.2 Å². The molecule has 1 amide bonds. The Morgan fingerprint density at radius 3 is 2.71 bits per heavy atom. The van der Waals surface area contributed by atoms with E-state index in [1.54, 1.807) is 0 Å². The van der Waals surface area contributed by atoms with Gasteiger partial charge in [0.2, 0.25) is 0 Å². The molecule has 1 rings (SSSR count). The van der Waals surface area contributed by atoms with Crippen molar-refractivity contribution >= 4 is 23.2 Å². The number of carbonyl (C=O) groups is 1. The van der Waals surface area contributed by atoms with Gasteiger partial charge in [0.1, 0.15) is 5.02 Å². The molecule has 0 spiro atoms. The van der Waals surface area contributed by atoms with Crippen molar-refractivity contribution in [2.75, 3.05) is 13.2 Å². The fourth-order valence-corrected chi connectivity index (χ4v) is 2.05. The van der Waals surface area contributed by atoms with Crippen LogP contribution >= 0.6 is 11.6 Å². The predicted molar refractivity (Wildman–Crippen MR) is 80.5 cm³/mol. The molecule has 116 valence electrons. The molecule has 1 aromatic rings. The van der Waals surface area contributed by atoms with Crippen LogP contribution in [0, 0.1) is 15.5 Å². The Balaban J connectivity index is 2.72. The van der Waals surface area contributed by atoms with Gasteiger partial charge in [-0.05, 0) is 30.4 Å². The molecule has 0 radical (unpaired) electrons. The Kier molecular flexibility index (Phi) is 6.11. The molecule has 0 aliphatic carbocycles. The summed E-state index contributed by atoms with van der Waals surface area (Å²) in [7, 11) is 0. The second kappa shape index (κ2) is 7.38. The van der Waals surface area contributed by atoms with Gasteiger partial charge in [0.05, 0.1) is 4.92 Å². The number of nitrogens with zero attached hydrogens (tertiary/aromatic N) is 1. The average molecular weight is 315 g/mol. The van der Waals surface area contributed by atoms with Crippen molar-refractivity contribution in [3.05, 3.63) is 38.9 Å². The van der Waals surface area contributed by atoms with E-state index in [9.17, 15) is 14.9 Å². The third kappa shape index (κ3) is 5.32. The quantitative estimate of drug-likeness (QED) is 0.598. The molecule has 0 aliphatic rings. The fourth-order valence-electron chi connectivity index (χ4n) is 1.86. The van der Waals surface area contributed by atoms with Gasteiger partial charge in [-0.15, -0.1) is 0 Å². The highest BCUT2D eigenvalue weighted by Crippen LogP contribution is 2.25. The van der Waals surface area contributed by atoms with Crippen molar-refractivity contribution in [2.45, 2.75) is 26.7 Å². The van der Waals surface area contributed by atoms with Crippen molar-refractivity contribution < 1.29 is 14.8 Å². The molecule has 1 aromatic carbocycles. The van der Waals surface area contributed by atoms with Crippen LogP contribution in [0.4, 0.5) is 5.69 Å². The number of amides is 1. The fraction of sp³-hybridized carbons (Fsp3) is 0.500. The molecular formula is C14H19ClN2O4. The van der Waals surface area contributed by atoms with Gasteiger partial charge < -0.3 is 10.4 Å². The van der Waals surface area contributed by atoms with E-state index >= 15 is 0 Å². The monoisotopic (exact) mass is 314 g/mol. The predicted octanol–water partition coefficient (Wildman–Crippen LogP) is 2.78. The van der Waals surface area contributed by atoms with Crippen molar-refractivity contribution in [1.82, 2.24) is 5.32 Å². The van der Waals surface area contributed by atoms with Crippen LogP contribution in [0.3, 0.4) is 0 Å². The first kappa shape index (κ1) is 17.4. The molecule has 0 saturated carbocycles. The molecule has 2 N–H and O–H groups in total. The summed E-state index contributed by atoms with van der Waals surface area (Å²) >= 11 is 5.71. The molecule has 0 aliphatic heterocycles. The SMILES string of the molecule is CC(C)(CCCO)CNC(=O)c1ccc(Cl)c([N+](=O)[O-])c1. The maximum atomic E-state index is 12.0. The zero-order valence-electron chi connectivity index (χ0n) is 12.1. The number of aliphatic hydroxyl groups is 1. The lowest BCUT2D eigenvalue weighted by molar-refractivity contribution is -0.384. The van der Waals surface area contributed by atoms with Gasteiger partial charge in [0.15, 0.2) is 0 Å². The van der Waals surface area contributed by atoms with Gasteiger partial charge in [-0.1, -0.05) is 25.4 Å². The summed E-state index contributed by atoms with van der Waals surface area (Å²) in [5.74, 6) is -0.383. The van der Waals surface area contributed by atoms with Crippen LogP contribution in [0.2, 0.25) is 5.02 Å². The lowest BCUT2D eigenvalue weighted by atomic mass is 9.88. The van der Waals surface area contributed by atoms with Crippen LogP contribution in [0.15, 0.2) is 18.2 Å². The van der Waals surface area contributed by atoms with Crippen LogP contribution in [-0.4, -0.2) is 29.1 Å². The first-order valence-corrected chi connectivity index (χ1v) is 6.97. The van der Waals surface area contributed by atoms with Gasteiger partial charge in [0.25, 0.3) is 11.6 Å². The molecule has 0 fully saturated rings. The van der Waals surface area contributed by atoms with E-state index in [4.69, 9.17) is 16.7 Å². The summed E-state index contributed by atoms with van der Waals surface area (Å²) in [6.45, 7) is 4.49. The third-order valence-corrected chi connectivity index (χ3v) is 3.46. The zero-order valence-corrected chi connectivity index (χ0v) is 12.8. The minimum atomic E-state index is -0.621. The van der Waals surface area contributed by atoms with Gasteiger partial charge in [-0.3, -0.25) is 14.9 Å². The van der Waals surface area contributed by atoms with E-state index in [2.05, 4.69) is 5.32 Å². The number of halogens is 1. The van der Waals surface area contributed by atoms with Crippen molar-refractivity contribution in [3.8, 4) is 0 Å². The topological polar surface area (TPSA) is 92.5 Å². The molecule has 6 nitrogen and oxygen atoms in total. The number of carbonyl (C=O) groups excluding carboxylic acids is 1. The number of rotatable bonds is 7. The Morgan fingerprint density at radius 1 is 1.48 bits per heavy atom. The summed E-state index contributed by atoms with van der Waals surface area (Å²) in [6, 6.07) is 3.95. The van der Waals surface area contributed by atoms with Crippen molar-refractivity contribution in [3.63, 3.8) is 0 Å². The molecule has 0 aromatic heterocycles. The summed E-state index contributed by atoms with van der Waals surface area (Å²) in [6.07, 6.45) is 1.43. The van der Waals surface area contributed by atoms with Crippen molar-refractivity contribution in [1.29, 1.82) is 0 Å². The molecular weight excluding hydrogens is 296 g/mol. The second-order valence-electron chi connectivity index (χ2n) is 5.60. The summed E-state index contributed by atoms with van der Waals surface area (Å²) in [5.41, 5.74) is -0.246. The number of nitro groups is 1. The van der Waals surface area contributed by atoms with E-state index in [0.717, 1.165) is 6.42 Å². The summed E-state index contributed by atoms with van der Waals surface area (Å²) in [4.78, 5) is 22.2. The Morgan fingerprint density at radius 2 is 2.14 bits per heavy atom. The molecule has 0 heterocycles. The standard InChI is InChI=1S/C14H19ClN2O4/c1-14(2,6-3-7-18)9-16-13(19)10-4-5-11(15)12(8-10)17(20)21/h4-5,8,18H,3,6-7,9H2,1-2H3,(H,16,19). The number of hydrogen-bond acceptors (Lipinski definition) is 4. The zero-order chi connectivity index (χ0) is 16.0. The lowest BCUT2D eigenvalue weighted by Gasteiger charge is -2.24. The first-order valence-electron chi connectivity index (χ1n) is 6.60. The van der Waals surface area contributed by atoms with Crippen molar-refractivity contribution in [2.24, 2.45) is 5.41 Å². The number of hydrogen-bond donors (Lipinski definition) is 2.